The quantitative estimate of drug-likeness (QED) is 0.204. The van der Waals surface area contributed by atoms with Gasteiger partial charge in [0.25, 0.3) is 0 Å². The fourth-order valence-electron chi connectivity index (χ4n) is 8.38. The van der Waals surface area contributed by atoms with Crippen LogP contribution >= 0.6 is 0 Å². The first-order valence-corrected chi connectivity index (χ1v) is 15.7. The summed E-state index contributed by atoms with van der Waals surface area (Å²) in [6.07, 6.45) is 0. The van der Waals surface area contributed by atoms with Gasteiger partial charge >= 0.3 is 0 Å². The van der Waals surface area contributed by atoms with Crippen LogP contribution in [0.4, 0.5) is 0 Å². The average molecular weight is 573 g/mol. The lowest BCUT2D eigenvalue weighted by atomic mass is 9.70. The van der Waals surface area contributed by atoms with Crippen LogP contribution in [0.15, 0.2) is 146 Å². The molecule has 0 atom stereocenters. The van der Waals surface area contributed by atoms with Crippen molar-refractivity contribution in [3.8, 4) is 28.0 Å². The molecule has 10 rings (SSSR count). The molecule has 0 aliphatic heterocycles. The summed E-state index contributed by atoms with van der Waals surface area (Å²) in [6, 6.07) is 53.1. The maximum Gasteiger partial charge on any atom is 0.123 e. The zero-order valence-electron chi connectivity index (χ0n) is 24.8. The lowest BCUT2D eigenvalue weighted by Crippen LogP contribution is -2.23. The SMILES string of the molecule is CC1(c2ccccc2-c2cc3ccc(O)c4ccc5cccc2c5c34)c2cc3ccccc3cc2-c2cc3ccccc3cc21. The van der Waals surface area contributed by atoms with Gasteiger partial charge in [0, 0.05) is 16.2 Å². The lowest BCUT2D eigenvalue weighted by Gasteiger charge is -2.31. The van der Waals surface area contributed by atoms with Gasteiger partial charge in [-0.05, 0) is 125 Å². The second kappa shape index (κ2) is 8.71. The Hall–Kier alpha value is -5.66. The van der Waals surface area contributed by atoms with Gasteiger partial charge in [0.1, 0.15) is 5.75 Å². The van der Waals surface area contributed by atoms with Gasteiger partial charge in [-0.15, -0.1) is 0 Å². The molecule has 0 radical (unpaired) electrons. The van der Waals surface area contributed by atoms with Crippen LogP contribution in [0.5, 0.6) is 5.75 Å². The van der Waals surface area contributed by atoms with E-state index in [0.29, 0.717) is 5.75 Å². The number of fused-ring (bicyclic) bond motifs is 5. The van der Waals surface area contributed by atoms with E-state index in [4.69, 9.17) is 0 Å². The molecular weight excluding hydrogens is 544 g/mol. The largest absolute Gasteiger partial charge is 0.507 e. The molecule has 45 heavy (non-hydrogen) atoms. The first-order valence-electron chi connectivity index (χ1n) is 15.7. The highest BCUT2D eigenvalue weighted by Gasteiger charge is 2.42. The predicted octanol–water partition coefficient (Wildman–Crippen LogP) is 11.6. The van der Waals surface area contributed by atoms with E-state index in [0.717, 1.165) is 16.2 Å². The molecule has 210 valence electrons. The Labute approximate surface area is 261 Å². The Morgan fingerprint density at radius 1 is 0.378 bits per heavy atom. The third kappa shape index (κ3) is 3.22. The van der Waals surface area contributed by atoms with Crippen molar-refractivity contribution in [2.24, 2.45) is 0 Å². The first kappa shape index (κ1) is 24.7. The van der Waals surface area contributed by atoms with Crippen molar-refractivity contribution in [3.63, 3.8) is 0 Å². The minimum Gasteiger partial charge on any atom is -0.507 e. The van der Waals surface area contributed by atoms with Gasteiger partial charge in [-0.3, -0.25) is 0 Å². The van der Waals surface area contributed by atoms with Crippen molar-refractivity contribution in [2.75, 3.05) is 0 Å². The minimum atomic E-state index is -0.384. The molecule has 0 heterocycles. The molecule has 1 nitrogen and oxygen atoms in total. The molecule has 0 saturated heterocycles. The molecule has 0 saturated carbocycles. The van der Waals surface area contributed by atoms with E-state index < -0.39 is 0 Å². The molecule has 9 aromatic rings. The van der Waals surface area contributed by atoms with Crippen molar-refractivity contribution in [1.82, 2.24) is 0 Å². The Bertz CT molecular complexity index is 2590. The van der Waals surface area contributed by atoms with E-state index >= 15 is 0 Å². The monoisotopic (exact) mass is 572 g/mol. The molecule has 0 fully saturated rings. The molecule has 0 spiro atoms. The van der Waals surface area contributed by atoms with Gasteiger partial charge < -0.3 is 5.11 Å². The second-order valence-electron chi connectivity index (χ2n) is 12.8. The fourth-order valence-corrected chi connectivity index (χ4v) is 8.38. The fraction of sp³-hybridized carbons (Fsp3) is 0.0455. The van der Waals surface area contributed by atoms with Crippen molar-refractivity contribution < 1.29 is 5.11 Å². The van der Waals surface area contributed by atoms with Gasteiger partial charge in [-0.1, -0.05) is 109 Å². The first-order chi connectivity index (χ1) is 22.1. The van der Waals surface area contributed by atoms with Crippen molar-refractivity contribution in [2.45, 2.75) is 12.3 Å². The predicted molar refractivity (Wildman–Crippen MR) is 190 cm³/mol. The third-order valence-electron chi connectivity index (χ3n) is 10.5. The zero-order chi connectivity index (χ0) is 29.9. The van der Waals surface area contributed by atoms with Crippen LogP contribution in [0.25, 0.3) is 76.1 Å². The van der Waals surface area contributed by atoms with Gasteiger partial charge in [0.2, 0.25) is 0 Å². The normalized spacial score (nSPS) is 13.7. The number of phenolic OH excluding ortho intramolecular Hbond substituents is 1. The maximum absolute atomic E-state index is 10.8. The number of hydrogen-bond acceptors (Lipinski definition) is 1. The van der Waals surface area contributed by atoms with Crippen LogP contribution in [0, 0.1) is 0 Å². The minimum absolute atomic E-state index is 0.328. The summed E-state index contributed by atoms with van der Waals surface area (Å²) in [4.78, 5) is 0. The standard InChI is InChI=1S/C44H28O/c1-44(39-24-29-11-4-2-9-27(29)21-36(39)37-22-28-10-3-5-12-30(28)25-40(37)44)38-16-7-6-14-32(38)35-23-31-18-20-41(45)34-19-17-26-13-8-15-33(35)42(26)43(31)34/h2-25,45H,1H3. The molecule has 0 amide bonds. The summed E-state index contributed by atoms with van der Waals surface area (Å²) in [5.41, 5.74) is 8.71. The molecule has 1 aliphatic rings. The number of hydrogen-bond donors (Lipinski definition) is 1. The summed E-state index contributed by atoms with van der Waals surface area (Å²) in [5, 5.41) is 22.6. The Morgan fingerprint density at radius 2 is 0.911 bits per heavy atom. The summed E-state index contributed by atoms with van der Waals surface area (Å²) in [6.45, 7) is 2.43. The smallest absolute Gasteiger partial charge is 0.123 e. The highest BCUT2D eigenvalue weighted by atomic mass is 16.3. The summed E-state index contributed by atoms with van der Waals surface area (Å²) in [7, 11) is 0. The van der Waals surface area contributed by atoms with Crippen LogP contribution in [0.3, 0.4) is 0 Å². The summed E-state index contributed by atoms with van der Waals surface area (Å²) < 4.78 is 0. The van der Waals surface area contributed by atoms with Crippen molar-refractivity contribution in [3.05, 3.63) is 162 Å². The van der Waals surface area contributed by atoms with Crippen LogP contribution < -0.4 is 0 Å². The molecule has 0 unspecified atom stereocenters. The molecule has 1 aliphatic carbocycles. The van der Waals surface area contributed by atoms with E-state index in [9.17, 15) is 5.11 Å². The molecule has 1 heteroatoms. The van der Waals surface area contributed by atoms with Crippen LogP contribution in [-0.2, 0) is 5.41 Å². The van der Waals surface area contributed by atoms with Crippen molar-refractivity contribution >= 4 is 53.9 Å². The molecule has 0 bridgehead atoms. The van der Waals surface area contributed by atoms with E-state index in [1.54, 1.807) is 0 Å². The zero-order valence-corrected chi connectivity index (χ0v) is 24.8. The van der Waals surface area contributed by atoms with E-state index in [2.05, 4.69) is 146 Å². The Morgan fingerprint density at radius 3 is 1.60 bits per heavy atom. The van der Waals surface area contributed by atoms with E-state index in [1.165, 1.54) is 76.6 Å². The van der Waals surface area contributed by atoms with Crippen molar-refractivity contribution in [1.29, 1.82) is 0 Å². The number of benzene rings is 9. The highest BCUT2D eigenvalue weighted by molar-refractivity contribution is 6.27. The van der Waals surface area contributed by atoms with Gasteiger partial charge in [0.15, 0.2) is 0 Å². The average Bonchev–Trinajstić information content (AvgIpc) is 3.32. The van der Waals surface area contributed by atoms with Gasteiger partial charge in [0.05, 0.1) is 0 Å². The maximum atomic E-state index is 10.8. The number of aromatic hydroxyl groups is 1. The van der Waals surface area contributed by atoms with Crippen LogP contribution in [0.2, 0.25) is 0 Å². The summed E-state index contributed by atoms with van der Waals surface area (Å²) >= 11 is 0. The molecule has 1 N–H and O–H groups in total. The highest BCUT2D eigenvalue weighted by Crippen LogP contribution is 2.56. The molecule has 0 aromatic heterocycles. The molecular formula is C44H28O. The topological polar surface area (TPSA) is 20.2 Å². The number of phenols is 1. The lowest BCUT2D eigenvalue weighted by molar-refractivity contribution is 0.482. The second-order valence-corrected chi connectivity index (χ2v) is 12.8. The summed E-state index contributed by atoms with van der Waals surface area (Å²) in [5.74, 6) is 0.328. The van der Waals surface area contributed by atoms with Crippen LogP contribution in [-0.4, -0.2) is 5.11 Å². The number of rotatable bonds is 2. The van der Waals surface area contributed by atoms with Crippen LogP contribution in [0.1, 0.15) is 23.6 Å². The molecule has 9 aromatic carbocycles. The van der Waals surface area contributed by atoms with E-state index in [-0.39, 0.29) is 5.41 Å². The Balaban J connectivity index is 1.33. The van der Waals surface area contributed by atoms with E-state index in [1.807, 2.05) is 6.07 Å². The van der Waals surface area contributed by atoms with Gasteiger partial charge in [-0.25, -0.2) is 0 Å². The Kier molecular flexibility index (Phi) is 4.79. The third-order valence-corrected chi connectivity index (χ3v) is 10.5. The van der Waals surface area contributed by atoms with Gasteiger partial charge in [-0.2, -0.15) is 0 Å².